The van der Waals surface area contributed by atoms with Crippen LogP contribution < -0.4 is 0 Å². The summed E-state index contributed by atoms with van der Waals surface area (Å²) in [6, 6.07) is 8.22. The highest BCUT2D eigenvalue weighted by molar-refractivity contribution is 5.85. The van der Waals surface area contributed by atoms with E-state index in [-0.39, 0.29) is 0 Å². The first-order valence-electron chi connectivity index (χ1n) is 5.80. The number of H-pyrrole nitrogens is 1. The van der Waals surface area contributed by atoms with Gasteiger partial charge < -0.3 is 4.98 Å². The van der Waals surface area contributed by atoms with Crippen LogP contribution in [-0.4, -0.2) is 10.8 Å². The van der Waals surface area contributed by atoms with Crippen LogP contribution in [0.3, 0.4) is 0 Å². The molecule has 1 aromatic carbocycles. The first-order valence-corrected chi connectivity index (χ1v) is 5.80. The molecule has 0 aliphatic heterocycles. The number of benzene rings is 1. The maximum atomic E-state index is 11.4. The molecule has 0 saturated heterocycles. The van der Waals surface area contributed by atoms with Crippen molar-refractivity contribution >= 4 is 16.7 Å². The van der Waals surface area contributed by atoms with E-state index in [9.17, 15) is 4.79 Å². The Morgan fingerprint density at radius 2 is 2.12 bits per heavy atom. The maximum absolute atomic E-state index is 11.4. The Balaban J connectivity index is 2.29. The van der Waals surface area contributed by atoms with Gasteiger partial charge in [-0.3, -0.25) is 4.79 Å². The Morgan fingerprint density at radius 3 is 2.88 bits per heavy atom. The number of hydrogen-bond acceptors (Lipinski definition) is 1. The Morgan fingerprint density at radius 1 is 1.38 bits per heavy atom. The van der Waals surface area contributed by atoms with E-state index in [2.05, 4.69) is 24.0 Å². The van der Waals surface area contributed by atoms with E-state index in [0.29, 0.717) is 24.5 Å². The van der Waals surface area contributed by atoms with Gasteiger partial charge in [-0.2, -0.15) is 0 Å². The molecule has 2 aromatic rings. The summed E-state index contributed by atoms with van der Waals surface area (Å²) >= 11 is 0. The number of carbonyl (C=O) groups is 1. The first kappa shape index (κ1) is 10.9. The van der Waals surface area contributed by atoms with Gasteiger partial charge in [0.05, 0.1) is 0 Å². The molecule has 0 bridgehead atoms. The zero-order valence-electron chi connectivity index (χ0n) is 9.79. The fourth-order valence-electron chi connectivity index (χ4n) is 2.10. The summed E-state index contributed by atoms with van der Waals surface area (Å²) in [5.41, 5.74) is 2.39. The van der Waals surface area contributed by atoms with Crippen LogP contribution in [0.25, 0.3) is 10.9 Å². The lowest BCUT2D eigenvalue weighted by Gasteiger charge is -2.08. The minimum Gasteiger partial charge on any atom is -0.361 e. The summed E-state index contributed by atoms with van der Waals surface area (Å²) in [7, 11) is 0. The second-order valence-electron chi connectivity index (χ2n) is 4.29. The Labute approximate surface area is 95.7 Å². The highest BCUT2D eigenvalue weighted by Gasteiger charge is 2.13. The van der Waals surface area contributed by atoms with Gasteiger partial charge in [-0.05, 0) is 17.5 Å². The molecule has 0 amide bonds. The molecule has 16 heavy (non-hydrogen) atoms. The summed E-state index contributed by atoms with van der Waals surface area (Å²) in [4.78, 5) is 14.7. The molecule has 0 unspecified atom stereocenters. The fourth-order valence-corrected chi connectivity index (χ4v) is 2.10. The van der Waals surface area contributed by atoms with E-state index < -0.39 is 0 Å². The van der Waals surface area contributed by atoms with Crippen LogP contribution in [0.15, 0.2) is 30.5 Å². The summed E-state index contributed by atoms with van der Waals surface area (Å²) in [6.45, 7) is 4.04. The molecule has 0 saturated carbocycles. The zero-order valence-corrected chi connectivity index (χ0v) is 9.79. The predicted octanol–water partition coefficient (Wildman–Crippen LogP) is 3.64. The van der Waals surface area contributed by atoms with Crippen molar-refractivity contribution < 1.29 is 4.79 Å². The molecule has 1 atom stereocenters. The Bertz CT molecular complexity index is 498. The van der Waals surface area contributed by atoms with Gasteiger partial charge in [0.25, 0.3) is 0 Å². The minimum absolute atomic E-state index is 0.295. The topological polar surface area (TPSA) is 32.9 Å². The van der Waals surface area contributed by atoms with Crippen LogP contribution in [0.2, 0.25) is 0 Å². The number of aromatic amines is 1. The lowest BCUT2D eigenvalue weighted by Crippen LogP contribution is -2.02. The van der Waals surface area contributed by atoms with Gasteiger partial charge >= 0.3 is 0 Å². The molecule has 0 aliphatic carbocycles. The summed E-state index contributed by atoms with van der Waals surface area (Å²) in [5.74, 6) is 0.626. The second-order valence-corrected chi connectivity index (χ2v) is 4.29. The van der Waals surface area contributed by atoms with Crippen molar-refractivity contribution in [2.75, 3.05) is 0 Å². The minimum atomic E-state index is 0.295. The molecule has 0 fully saturated rings. The lowest BCUT2D eigenvalue weighted by molar-refractivity contribution is -0.119. The van der Waals surface area contributed by atoms with Gasteiger partial charge in [0.1, 0.15) is 5.78 Å². The summed E-state index contributed by atoms with van der Waals surface area (Å²) in [6.07, 6.45) is 3.29. The third-order valence-corrected chi connectivity index (χ3v) is 3.08. The summed E-state index contributed by atoms with van der Waals surface area (Å²) < 4.78 is 0. The van der Waals surface area contributed by atoms with Gasteiger partial charge in [-0.1, -0.05) is 32.0 Å². The second kappa shape index (κ2) is 4.52. The predicted molar refractivity (Wildman–Crippen MR) is 66.6 cm³/mol. The van der Waals surface area contributed by atoms with Gasteiger partial charge in [0.15, 0.2) is 0 Å². The molecule has 0 aliphatic rings. The van der Waals surface area contributed by atoms with Gasteiger partial charge in [0.2, 0.25) is 0 Å². The van der Waals surface area contributed by atoms with Crippen molar-refractivity contribution in [2.24, 2.45) is 0 Å². The fraction of sp³-hybridized carbons (Fsp3) is 0.357. The van der Waals surface area contributed by atoms with Crippen LogP contribution in [0.5, 0.6) is 0 Å². The average Bonchev–Trinajstić information content (AvgIpc) is 2.72. The quantitative estimate of drug-likeness (QED) is 0.829. The van der Waals surface area contributed by atoms with Gasteiger partial charge in [0, 0.05) is 29.9 Å². The number of nitrogens with one attached hydrogen (secondary N) is 1. The van der Waals surface area contributed by atoms with Crippen LogP contribution >= 0.6 is 0 Å². The molecule has 1 heterocycles. The number of ketones is 1. The van der Waals surface area contributed by atoms with E-state index in [0.717, 1.165) is 5.52 Å². The number of rotatable bonds is 4. The molecule has 0 radical (unpaired) electrons. The molecule has 0 spiro atoms. The van der Waals surface area contributed by atoms with E-state index in [4.69, 9.17) is 0 Å². The highest BCUT2D eigenvalue weighted by atomic mass is 16.1. The Kier molecular flexibility index (Phi) is 3.09. The van der Waals surface area contributed by atoms with Crippen LogP contribution in [0, 0.1) is 0 Å². The van der Waals surface area contributed by atoms with Crippen molar-refractivity contribution in [1.82, 2.24) is 4.98 Å². The molecule has 2 rings (SSSR count). The first-order chi connectivity index (χ1) is 7.72. The number of hydrogen-bond donors (Lipinski definition) is 1. The monoisotopic (exact) mass is 215 g/mol. The average molecular weight is 215 g/mol. The maximum Gasteiger partial charge on any atom is 0.133 e. The van der Waals surface area contributed by atoms with Crippen LogP contribution in [-0.2, 0) is 4.79 Å². The largest absolute Gasteiger partial charge is 0.361 e. The van der Waals surface area contributed by atoms with E-state index in [1.165, 1.54) is 10.9 Å². The molecular formula is C14H17NO. The van der Waals surface area contributed by atoms with Crippen molar-refractivity contribution in [3.8, 4) is 0 Å². The van der Waals surface area contributed by atoms with E-state index >= 15 is 0 Å². The molecular weight excluding hydrogens is 198 g/mol. The Hall–Kier alpha value is -1.57. The third kappa shape index (κ3) is 2.01. The van der Waals surface area contributed by atoms with Crippen LogP contribution in [0.4, 0.5) is 0 Å². The molecule has 1 aromatic heterocycles. The lowest BCUT2D eigenvalue weighted by atomic mass is 9.94. The number of para-hydroxylation sites is 1. The third-order valence-electron chi connectivity index (χ3n) is 3.08. The summed E-state index contributed by atoms with van der Waals surface area (Å²) in [5, 5.41) is 1.24. The van der Waals surface area contributed by atoms with Crippen molar-refractivity contribution in [2.45, 2.75) is 32.6 Å². The number of fused-ring (bicyclic) bond motifs is 1. The van der Waals surface area contributed by atoms with Crippen LogP contribution in [0.1, 0.15) is 38.2 Å². The molecule has 1 N–H and O–H groups in total. The van der Waals surface area contributed by atoms with E-state index in [1.54, 1.807) is 0 Å². The van der Waals surface area contributed by atoms with Crippen molar-refractivity contribution in [3.05, 3.63) is 36.0 Å². The number of aromatic nitrogens is 1. The highest BCUT2D eigenvalue weighted by Crippen LogP contribution is 2.27. The normalized spacial score (nSPS) is 12.9. The van der Waals surface area contributed by atoms with Gasteiger partial charge in [-0.15, -0.1) is 0 Å². The zero-order chi connectivity index (χ0) is 11.5. The van der Waals surface area contributed by atoms with Gasteiger partial charge in [-0.25, -0.2) is 0 Å². The number of carbonyl (C=O) groups excluding carboxylic acids is 1. The number of Topliss-reactive ketones (excluding diaryl/α,β-unsaturated/α-hetero) is 1. The molecule has 2 nitrogen and oxygen atoms in total. The smallest absolute Gasteiger partial charge is 0.133 e. The van der Waals surface area contributed by atoms with E-state index in [1.807, 2.05) is 25.3 Å². The molecule has 2 heteroatoms. The standard InChI is InChI=1S/C14H17NO/c1-3-11(16)8-10(2)13-9-15-14-7-5-4-6-12(13)14/h4-7,9-10,15H,3,8H2,1-2H3/t10-/m0/s1. The van der Waals surface area contributed by atoms with Crippen molar-refractivity contribution in [3.63, 3.8) is 0 Å². The van der Waals surface area contributed by atoms with Crippen molar-refractivity contribution in [1.29, 1.82) is 0 Å². The SMILES string of the molecule is CCC(=O)C[C@H](C)c1c[nH]c2ccccc12. The molecule has 84 valence electrons.